The molecule has 1 aromatic rings. The molecular weight excluding hydrogens is 505 g/mol. The number of likely N-dealkylation sites (tertiary alicyclic amines) is 1. The molecule has 0 spiro atoms. The van der Waals surface area contributed by atoms with Gasteiger partial charge >= 0.3 is 0 Å². The number of halogens is 1. The van der Waals surface area contributed by atoms with Crippen molar-refractivity contribution in [2.24, 2.45) is 4.99 Å². The van der Waals surface area contributed by atoms with Crippen LogP contribution in [0.2, 0.25) is 0 Å². The van der Waals surface area contributed by atoms with Crippen molar-refractivity contribution in [1.29, 1.82) is 0 Å². The van der Waals surface area contributed by atoms with Gasteiger partial charge in [-0.3, -0.25) is 14.7 Å². The number of nitrogens with one attached hydrogen (secondary N) is 1. The first kappa shape index (κ1) is 25.7. The highest BCUT2D eigenvalue weighted by atomic mass is 127. The van der Waals surface area contributed by atoms with Crippen LogP contribution in [0.25, 0.3) is 0 Å². The summed E-state index contributed by atoms with van der Waals surface area (Å²) in [6.45, 7) is 8.72. The summed E-state index contributed by atoms with van der Waals surface area (Å²) in [4.78, 5) is 23.7. The van der Waals surface area contributed by atoms with Gasteiger partial charge in [-0.1, -0.05) is 18.9 Å². The van der Waals surface area contributed by atoms with E-state index in [-0.39, 0.29) is 24.0 Å². The standard InChI is InChI=1S/C23H37N5O2.HI/c1-19-14-20(16-21(15-19)30-3)17-25-23(24-2)28-12-10-26(11-13-28)18-22(29)27-8-6-4-5-7-9-27;/h14-16H,4-13,17-18H2,1-3H3,(H,24,25);1H. The predicted octanol–water partition coefficient (Wildman–Crippen LogP) is 2.72. The number of nitrogens with zero attached hydrogens (tertiary/aromatic N) is 4. The van der Waals surface area contributed by atoms with Crippen molar-refractivity contribution in [2.45, 2.75) is 39.2 Å². The van der Waals surface area contributed by atoms with Crippen molar-refractivity contribution in [1.82, 2.24) is 20.0 Å². The molecule has 8 heteroatoms. The molecule has 2 aliphatic rings. The molecule has 0 aromatic heterocycles. The predicted molar refractivity (Wildman–Crippen MR) is 136 cm³/mol. The number of ether oxygens (including phenoxy) is 1. The smallest absolute Gasteiger partial charge is 0.236 e. The van der Waals surface area contributed by atoms with E-state index in [9.17, 15) is 4.79 Å². The number of benzene rings is 1. The topological polar surface area (TPSA) is 60.4 Å². The Labute approximate surface area is 204 Å². The maximum atomic E-state index is 12.7. The molecule has 2 aliphatic heterocycles. The minimum atomic E-state index is 0. The molecule has 1 aromatic carbocycles. The van der Waals surface area contributed by atoms with Crippen LogP contribution in [0, 0.1) is 6.92 Å². The van der Waals surface area contributed by atoms with Crippen molar-refractivity contribution in [3.05, 3.63) is 29.3 Å². The zero-order valence-electron chi connectivity index (χ0n) is 19.2. The number of piperazine rings is 1. The molecule has 2 fully saturated rings. The van der Waals surface area contributed by atoms with Gasteiger partial charge in [0, 0.05) is 52.9 Å². The van der Waals surface area contributed by atoms with Crippen LogP contribution in [0.4, 0.5) is 0 Å². The lowest BCUT2D eigenvalue weighted by molar-refractivity contribution is -0.132. The number of aryl methyl sites for hydroxylation is 1. The number of rotatable bonds is 5. The van der Waals surface area contributed by atoms with E-state index in [1.165, 1.54) is 24.0 Å². The molecule has 0 aliphatic carbocycles. The van der Waals surface area contributed by atoms with Gasteiger partial charge in [-0.2, -0.15) is 0 Å². The van der Waals surface area contributed by atoms with Gasteiger partial charge in [-0.05, 0) is 43.0 Å². The summed E-state index contributed by atoms with van der Waals surface area (Å²) in [7, 11) is 3.52. The van der Waals surface area contributed by atoms with Crippen molar-refractivity contribution >= 4 is 35.8 Å². The molecule has 174 valence electrons. The number of carbonyl (C=O) groups is 1. The summed E-state index contributed by atoms with van der Waals surface area (Å²) in [6.07, 6.45) is 4.80. The van der Waals surface area contributed by atoms with E-state index in [2.05, 4.69) is 44.1 Å². The van der Waals surface area contributed by atoms with Gasteiger partial charge < -0.3 is 19.9 Å². The van der Waals surface area contributed by atoms with E-state index in [1.807, 2.05) is 13.1 Å². The maximum absolute atomic E-state index is 12.7. The lowest BCUT2D eigenvalue weighted by atomic mass is 10.1. The molecule has 1 amide bonds. The van der Waals surface area contributed by atoms with Crippen molar-refractivity contribution in [3.8, 4) is 5.75 Å². The lowest BCUT2D eigenvalue weighted by Crippen LogP contribution is -2.54. The maximum Gasteiger partial charge on any atom is 0.236 e. The second-order valence-electron chi connectivity index (χ2n) is 8.32. The zero-order chi connectivity index (χ0) is 21.3. The zero-order valence-corrected chi connectivity index (χ0v) is 21.6. The Bertz CT molecular complexity index is 727. The molecule has 0 radical (unpaired) electrons. The number of hydrogen-bond acceptors (Lipinski definition) is 4. The molecule has 2 heterocycles. The fraction of sp³-hybridized carbons (Fsp3) is 0.652. The van der Waals surface area contributed by atoms with Gasteiger partial charge in [0.25, 0.3) is 0 Å². The summed E-state index contributed by atoms with van der Waals surface area (Å²) in [5, 5.41) is 3.47. The molecule has 31 heavy (non-hydrogen) atoms. The largest absolute Gasteiger partial charge is 0.497 e. The van der Waals surface area contributed by atoms with E-state index >= 15 is 0 Å². The fourth-order valence-electron chi connectivity index (χ4n) is 4.29. The number of hydrogen-bond donors (Lipinski definition) is 1. The Kier molecular flexibility index (Phi) is 10.9. The van der Waals surface area contributed by atoms with Crippen LogP contribution in [0.3, 0.4) is 0 Å². The summed E-state index contributed by atoms with van der Waals surface area (Å²) in [5.41, 5.74) is 2.36. The second kappa shape index (κ2) is 13.1. The Hall–Kier alpha value is -1.55. The molecular formula is C23H38IN5O2. The molecule has 0 saturated carbocycles. The van der Waals surface area contributed by atoms with Crippen LogP contribution >= 0.6 is 24.0 Å². The van der Waals surface area contributed by atoms with Crippen LogP contribution in [0.5, 0.6) is 5.75 Å². The molecule has 2 saturated heterocycles. The highest BCUT2D eigenvalue weighted by Crippen LogP contribution is 2.16. The first-order valence-corrected chi connectivity index (χ1v) is 11.2. The Morgan fingerprint density at radius 1 is 1.00 bits per heavy atom. The molecule has 7 nitrogen and oxygen atoms in total. The number of guanidine groups is 1. The van der Waals surface area contributed by atoms with Crippen molar-refractivity contribution in [2.75, 3.05) is 60.0 Å². The number of amides is 1. The highest BCUT2D eigenvalue weighted by Gasteiger charge is 2.23. The third-order valence-corrected chi connectivity index (χ3v) is 6.00. The first-order valence-electron chi connectivity index (χ1n) is 11.2. The highest BCUT2D eigenvalue weighted by molar-refractivity contribution is 14.0. The van der Waals surface area contributed by atoms with Gasteiger partial charge in [0.1, 0.15) is 5.75 Å². The average molecular weight is 543 g/mol. The Morgan fingerprint density at radius 2 is 1.68 bits per heavy atom. The van der Waals surface area contributed by atoms with Gasteiger partial charge in [0.05, 0.1) is 13.7 Å². The third-order valence-electron chi connectivity index (χ3n) is 6.00. The van der Waals surface area contributed by atoms with Crippen molar-refractivity contribution < 1.29 is 9.53 Å². The number of carbonyl (C=O) groups excluding carboxylic acids is 1. The van der Waals surface area contributed by atoms with Crippen LogP contribution in [-0.2, 0) is 11.3 Å². The average Bonchev–Trinajstić information content (AvgIpc) is 3.04. The summed E-state index contributed by atoms with van der Waals surface area (Å²) in [6, 6.07) is 6.25. The van der Waals surface area contributed by atoms with Crippen LogP contribution in [0.1, 0.15) is 36.8 Å². The Morgan fingerprint density at radius 3 is 2.29 bits per heavy atom. The normalized spacial score (nSPS) is 18.2. The second-order valence-corrected chi connectivity index (χ2v) is 8.32. The molecule has 0 unspecified atom stereocenters. The van der Waals surface area contributed by atoms with Gasteiger partial charge in [-0.25, -0.2) is 0 Å². The van der Waals surface area contributed by atoms with Crippen LogP contribution in [-0.4, -0.2) is 86.5 Å². The van der Waals surface area contributed by atoms with Crippen LogP contribution < -0.4 is 10.1 Å². The van der Waals surface area contributed by atoms with Gasteiger partial charge in [-0.15, -0.1) is 24.0 Å². The summed E-state index contributed by atoms with van der Waals surface area (Å²) < 4.78 is 5.37. The molecule has 0 atom stereocenters. The van der Waals surface area contributed by atoms with Gasteiger partial charge in [0.15, 0.2) is 5.96 Å². The monoisotopic (exact) mass is 543 g/mol. The minimum absolute atomic E-state index is 0. The molecule has 0 bridgehead atoms. The van der Waals surface area contributed by atoms with Crippen molar-refractivity contribution in [3.63, 3.8) is 0 Å². The Balaban J connectivity index is 0.00000341. The molecule has 1 N–H and O–H groups in total. The fourth-order valence-corrected chi connectivity index (χ4v) is 4.29. The van der Waals surface area contributed by atoms with E-state index in [0.29, 0.717) is 19.0 Å². The third kappa shape index (κ3) is 7.82. The minimum Gasteiger partial charge on any atom is -0.497 e. The molecule has 3 rings (SSSR count). The SMILES string of the molecule is CN=C(NCc1cc(C)cc(OC)c1)N1CCN(CC(=O)N2CCCCCC2)CC1.I. The summed E-state index contributed by atoms with van der Waals surface area (Å²) in [5.74, 6) is 2.08. The van der Waals surface area contributed by atoms with Gasteiger partial charge in [0.2, 0.25) is 5.91 Å². The van der Waals surface area contributed by atoms with E-state index in [4.69, 9.17) is 4.74 Å². The lowest BCUT2D eigenvalue weighted by Gasteiger charge is -2.37. The number of aliphatic imine (C=N–C) groups is 1. The quantitative estimate of drug-likeness (QED) is 0.352. The first-order chi connectivity index (χ1) is 14.6. The van der Waals surface area contributed by atoms with Crippen LogP contribution in [0.15, 0.2) is 23.2 Å². The van der Waals surface area contributed by atoms with E-state index < -0.39 is 0 Å². The number of methoxy groups -OCH3 is 1. The summed E-state index contributed by atoms with van der Waals surface area (Å²) >= 11 is 0. The van der Waals surface area contributed by atoms with E-state index in [1.54, 1.807) is 7.11 Å². The van der Waals surface area contributed by atoms with E-state index in [0.717, 1.165) is 63.8 Å².